The van der Waals surface area contributed by atoms with Crippen molar-refractivity contribution >= 4 is 37.5 Å². The Kier molecular flexibility index (Phi) is 5.47. The van der Waals surface area contributed by atoms with Crippen LogP contribution in [0.2, 0.25) is 0 Å². The molecule has 2 aromatic carbocycles. The van der Waals surface area contributed by atoms with Crippen molar-refractivity contribution in [3.05, 3.63) is 58.1 Å². The number of halogens is 1. The summed E-state index contributed by atoms with van der Waals surface area (Å²) in [7, 11) is -3.65. The standard InChI is InChI=1S/C27H31BrN2O3S/c28-20-8-9-24-23(17-20)27(14-12-26(10-11-26)13-15-27)18-30(24)25(31)19-4-3-7-22(16-19)34(32,33)29-21-5-1-2-6-21/h3-4,7-9,16-17,21,29H,1-2,5-6,10-15,18H2. The first kappa shape index (κ1) is 22.7. The van der Waals surface area contributed by atoms with Crippen LogP contribution in [0.5, 0.6) is 0 Å². The van der Waals surface area contributed by atoms with E-state index in [-0.39, 0.29) is 22.3 Å². The fraction of sp³-hybridized carbons (Fsp3) is 0.519. The maximum absolute atomic E-state index is 13.8. The lowest BCUT2D eigenvalue weighted by molar-refractivity contribution is 0.0980. The van der Waals surface area contributed by atoms with Crippen LogP contribution in [0, 0.1) is 5.41 Å². The van der Waals surface area contributed by atoms with Crippen molar-refractivity contribution in [2.75, 3.05) is 11.4 Å². The van der Waals surface area contributed by atoms with Crippen LogP contribution in [-0.2, 0) is 15.4 Å². The number of hydrogen-bond donors (Lipinski definition) is 1. The van der Waals surface area contributed by atoms with Crippen molar-refractivity contribution in [1.29, 1.82) is 0 Å². The molecule has 7 heteroatoms. The van der Waals surface area contributed by atoms with E-state index in [1.807, 2.05) is 17.0 Å². The Morgan fingerprint density at radius 2 is 1.68 bits per heavy atom. The number of nitrogens with one attached hydrogen (secondary N) is 1. The summed E-state index contributed by atoms with van der Waals surface area (Å²) >= 11 is 3.64. The third-order valence-electron chi connectivity index (χ3n) is 8.82. The van der Waals surface area contributed by atoms with Gasteiger partial charge in [-0.2, -0.15) is 0 Å². The summed E-state index contributed by atoms with van der Waals surface area (Å²) in [5.74, 6) is -0.120. The van der Waals surface area contributed by atoms with Crippen LogP contribution in [0.1, 0.15) is 80.1 Å². The summed E-state index contributed by atoms with van der Waals surface area (Å²) in [5.41, 5.74) is 3.23. The van der Waals surface area contributed by atoms with Gasteiger partial charge in [-0.05, 0) is 98.7 Å². The SMILES string of the molecule is O=C(c1cccc(S(=O)(=O)NC2CCCC2)c1)N1CC2(CCC3(CC3)CC2)c2cc(Br)ccc21. The molecule has 1 amide bonds. The van der Waals surface area contributed by atoms with E-state index in [9.17, 15) is 13.2 Å². The summed E-state index contributed by atoms with van der Waals surface area (Å²) in [6, 6.07) is 12.8. The van der Waals surface area contributed by atoms with Gasteiger partial charge in [-0.25, -0.2) is 13.1 Å². The van der Waals surface area contributed by atoms with E-state index in [2.05, 4.69) is 26.7 Å². The Labute approximate surface area is 210 Å². The average molecular weight is 544 g/mol. The number of benzene rings is 2. The molecule has 0 unspecified atom stereocenters. The lowest BCUT2D eigenvalue weighted by Crippen LogP contribution is -2.40. The van der Waals surface area contributed by atoms with Crippen molar-refractivity contribution in [3.63, 3.8) is 0 Å². The van der Waals surface area contributed by atoms with Gasteiger partial charge in [0.15, 0.2) is 0 Å². The molecule has 0 saturated heterocycles. The molecule has 2 spiro atoms. The predicted octanol–water partition coefficient (Wildman–Crippen LogP) is 5.92. The molecule has 3 aliphatic carbocycles. The Hall–Kier alpha value is -1.70. The third-order valence-corrected chi connectivity index (χ3v) is 10.8. The fourth-order valence-corrected chi connectivity index (χ4v) is 8.18. The van der Waals surface area contributed by atoms with Gasteiger partial charge in [-0.1, -0.05) is 34.8 Å². The van der Waals surface area contributed by atoms with Crippen LogP contribution in [0.4, 0.5) is 5.69 Å². The number of anilines is 1. The van der Waals surface area contributed by atoms with Gasteiger partial charge >= 0.3 is 0 Å². The van der Waals surface area contributed by atoms with Crippen LogP contribution >= 0.6 is 15.9 Å². The summed E-state index contributed by atoms with van der Waals surface area (Å²) < 4.78 is 29.8. The summed E-state index contributed by atoms with van der Waals surface area (Å²) in [5, 5.41) is 0. The van der Waals surface area contributed by atoms with Gasteiger partial charge in [0.2, 0.25) is 10.0 Å². The smallest absolute Gasteiger partial charge is 0.258 e. The highest BCUT2D eigenvalue weighted by atomic mass is 79.9. The molecule has 0 aromatic heterocycles. The molecule has 6 rings (SSSR count). The maximum Gasteiger partial charge on any atom is 0.258 e. The Morgan fingerprint density at radius 1 is 0.971 bits per heavy atom. The molecule has 34 heavy (non-hydrogen) atoms. The molecule has 4 aliphatic rings. The molecular weight excluding hydrogens is 512 g/mol. The molecular formula is C27H31BrN2O3S. The molecule has 1 aliphatic heterocycles. The van der Waals surface area contributed by atoms with Gasteiger partial charge in [0, 0.05) is 33.7 Å². The Morgan fingerprint density at radius 3 is 2.38 bits per heavy atom. The topological polar surface area (TPSA) is 66.5 Å². The van der Waals surface area contributed by atoms with Gasteiger partial charge in [-0.15, -0.1) is 0 Å². The molecule has 5 nitrogen and oxygen atoms in total. The van der Waals surface area contributed by atoms with E-state index < -0.39 is 10.0 Å². The molecule has 1 heterocycles. The lowest BCUT2D eigenvalue weighted by atomic mass is 9.66. The fourth-order valence-electron chi connectivity index (χ4n) is 6.47. The Balaban J connectivity index is 1.29. The quantitative estimate of drug-likeness (QED) is 0.521. The molecule has 0 radical (unpaired) electrons. The highest BCUT2D eigenvalue weighted by molar-refractivity contribution is 9.10. The first-order valence-electron chi connectivity index (χ1n) is 12.5. The summed E-state index contributed by atoms with van der Waals surface area (Å²) in [4.78, 5) is 15.8. The van der Waals surface area contributed by atoms with Gasteiger partial charge < -0.3 is 4.90 Å². The van der Waals surface area contributed by atoms with Crippen LogP contribution < -0.4 is 9.62 Å². The van der Waals surface area contributed by atoms with Gasteiger partial charge in [0.1, 0.15) is 0 Å². The number of carbonyl (C=O) groups is 1. The summed E-state index contributed by atoms with van der Waals surface area (Å²) in [6.45, 7) is 0.672. The van der Waals surface area contributed by atoms with E-state index in [0.29, 0.717) is 17.5 Å². The van der Waals surface area contributed by atoms with Crippen molar-refractivity contribution in [2.24, 2.45) is 5.41 Å². The van der Waals surface area contributed by atoms with E-state index in [1.54, 1.807) is 24.3 Å². The van der Waals surface area contributed by atoms with Gasteiger partial charge in [-0.3, -0.25) is 4.79 Å². The van der Waals surface area contributed by atoms with Gasteiger partial charge in [0.25, 0.3) is 5.91 Å². The average Bonchev–Trinajstić information content (AvgIpc) is 3.26. The number of amides is 1. The summed E-state index contributed by atoms with van der Waals surface area (Å²) in [6.07, 6.45) is 11.3. The Bertz CT molecular complexity index is 1240. The first-order chi connectivity index (χ1) is 16.3. The number of fused-ring (bicyclic) bond motifs is 2. The third kappa shape index (κ3) is 3.94. The predicted molar refractivity (Wildman–Crippen MR) is 137 cm³/mol. The van der Waals surface area contributed by atoms with Crippen LogP contribution in [0.25, 0.3) is 0 Å². The van der Waals surface area contributed by atoms with E-state index in [1.165, 1.54) is 31.2 Å². The first-order valence-corrected chi connectivity index (χ1v) is 14.8. The van der Waals surface area contributed by atoms with Crippen molar-refractivity contribution in [1.82, 2.24) is 4.72 Å². The normalized spacial score (nSPS) is 22.9. The van der Waals surface area contributed by atoms with E-state index in [0.717, 1.165) is 48.7 Å². The molecule has 180 valence electrons. The second-order valence-corrected chi connectivity index (χ2v) is 13.6. The molecule has 0 bridgehead atoms. The molecule has 3 fully saturated rings. The second-order valence-electron chi connectivity index (χ2n) is 11.0. The molecule has 0 atom stereocenters. The lowest BCUT2D eigenvalue weighted by Gasteiger charge is -2.38. The highest BCUT2D eigenvalue weighted by Gasteiger charge is 2.53. The zero-order valence-electron chi connectivity index (χ0n) is 19.4. The van der Waals surface area contributed by atoms with Crippen molar-refractivity contribution in [2.45, 2.75) is 80.6 Å². The molecule has 3 saturated carbocycles. The molecule has 1 N–H and O–H groups in total. The van der Waals surface area contributed by atoms with Crippen LogP contribution in [0.3, 0.4) is 0 Å². The largest absolute Gasteiger partial charge is 0.307 e. The highest BCUT2D eigenvalue weighted by Crippen LogP contribution is 2.62. The van der Waals surface area contributed by atoms with Crippen molar-refractivity contribution < 1.29 is 13.2 Å². The van der Waals surface area contributed by atoms with Crippen LogP contribution in [0.15, 0.2) is 51.8 Å². The van der Waals surface area contributed by atoms with E-state index >= 15 is 0 Å². The molecule has 2 aromatic rings. The number of sulfonamides is 1. The number of hydrogen-bond acceptors (Lipinski definition) is 3. The zero-order valence-corrected chi connectivity index (χ0v) is 21.8. The minimum absolute atomic E-state index is 0.00364. The van der Waals surface area contributed by atoms with Crippen molar-refractivity contribution in [3.8, 4) is 0 Å². The second kappa shape index (κ2) is 8.17. The van der Waals surface area contributed by atoms with Crippen LogP contribution in [-0.4, -0.2) is 26.9 Å². The van der Waals surface area contributed by atoms with E-state index in [4.69, 9.17) is 0 Å². The minimum atomic E-state index is -3.65. The number of rotatable bonds is 4. The number of carbonyl (C=O) groups excluding carboxylic acids is 1. The minimum Gasteiger partial charge on any atom is -0.307 e. The maximum atomic E-state index is 13.8. The zero-order chi connectivity index (χ0) is 23.6. The van der Waals surface area contributed by atoms with Gasteiger partial charge in [0.05, 0.1) is 4.90 Å². The number of nitrogens with zero attached hydrogens (tertiary/aromatic N) is 1. The monoisotopic (exact) mass is 542 g/mol.